The van der Waals surface area contributed by atoms with E-state index in [1.165, 1.54) is 19.3 Å². The van der Waals surface area contributed by atoms with Crippen molar-refractivity contribution in [2.45, 2.75) is 13.3 Å². The number of ether oxygens (including phenoxy) is 1. The van der Waals surface area contributed by atoms with Crippen molar-refractivity contribution in [3.8, 4) is 11.8 Å². The lowest BCUT2D eigenvalue weighted by Gasteiger charge is -2.15. The zero-order valence-corrected chi connectivity index (χ0v) is 17.8. The van der Waals surface area contributed by atoms with Crippen molar-refractivity contribution < 1.29 is 22.3 Å². The summed E-state index contributed by atoms with van der Waals surface area (Å²) in [5.41, 5.74) is 0.705. The zero-order valence-electron chi connectivity index (χ0n) is 17.0. The van der Waals surface area contributed by atoms with Crippen molar-refractivity contribution in [1.82, 2.24) is 15.0 Å². The van der Waals surface area contributed by atoms with E-state index in [1.807, 2.05) is 0 Å². The molecule has 1 N–H and O–H groups in total. The fourth-order valence-electron chi connectivity index (χ4n) is 3.18. The average Bonchev–Trinajstić information content (AvgIpc) is 2.77. The summed E-state index contributed by atoms with van der Waals surface area (Å²) in [6, 6.07) is 8.19. The van der Waals surface area contributed by atoms with Crippen molar-refractivity contribution in [3.63, 3.8) is 0 Å². The molecule has 3 heterocycles. The molecule has 0 saturated heterocycles. The smallest absolute Gasteiger partial charge is 0.340 e. The van der Waals surface area contributed by atoms with Crippen LogP contribution in [-0.2, 0) is 17.7 Å². The third-order valence-electron chi connectivity index (χ3n) is 4.86. The number of rotatable bonds is 6. The van der Waals surface area contributed by atoms with Gasteiger partial charge in [0, 0.05) is 49.1 Å². The van der Waals surface area contributed by atoms with E-state index >= 15 is 0 Å². The SMILES string of the molecule is Cc1c(Cc2ccnc(N(C)S(=O)O)c2F)c(=O)oc2cc(Oc3ncccn3)ccc12. The van der Waals surface area contributed by atoms with Gasteiger partial charge in [-0.05, 0) is 42.3 Å². The molecule has 32 heavy (non-hydrogen) atoms. The lowest BCUT2D eigenvalue weighted by Crippen LogP contribution is -2.22. The highest BCUT2D eigenvalue weighted by atomic mass is 32.2. The monoisotopic (exact) mass is 456 g/mol. The van der Waals surface area contributed by atoms with E-state index in [0.717, 1.165) is 4.31 Å². The second-order valence-electron chi connectivity index (χ2n) is 6.80. The van der Waals surface area contributed by atoms with Crippen LogP contribution in [0.15, 0.2) is 58.1 Å². The Morgan fingerprint density at radius 1 is 1.19 bits per heavy atom. The number of anilines is 1. The molecule has 0 amide bonds. The number of aromatic nitrogens is 3. The molecule has 0 aliphatic heterocycles. The molecule has 0 fully saturated rings. The van der Waals surface area contributed by atoms with Gasteiger partial charge in [-0.2, -0.15) is 0 Å². The number of fused-ring (bicyclic) bond motifs is 1. The first-order chi connectivity index (χ1) is 15.3. The maximum absolute atomic E-state index is 14.9. The number of nitrogens with zero attached hydrogens (tertiary/aromatic N) is 4. The second-order valence-corrected chi connectivity index (χ2v) is 7.81. The van der Waals surface area contributed by atoms with Crippen molar-refractivity contribution in [2.75, 3.05) is 11.4 Å². The van der Waals surface area contributed by atoms with Gasteiger partial charge in [0.1, 0.15) is 11.3 Å². The molecule has 4 rings (SSSR count). The fourth-order valence-corrected chi connectivity index (χ4v) is 3.45. The van der Waals surface area contributed by atoms with Crippen LogP contribution in [0.5, 0.6) is 11.8 Å². The van der Waals surface area contributed by atoms with Crippen LogP contribution in [0.25, 0.3) is 11.0 Å². The van der Waals surface area contributed by atoms with Crippen LogP contribution in [0.1, 0.15) is 16.7 Å². The summed E-state index contributed by atoms with van der Waals surface area (Å²) in [5.74, 6) is -0.692. The number of hydrogen-bond acceptors (Lipinski definition) is 7. The Morgan fingerprint density at radius 2 is 1.94 bits per heavy atom. The molecule has 11 heteroatoms. The summed E-state index contributed by atoms with van der Waals surface area (Å²) in [7, 11) is 1.24. The first-order valence-electron chi connectivity index (χ1n) is 9.34. The molecule has 1 aromatic carbocycles. The highest BCUT2D eigenvalue weighted by Crippen LogP contribution is 2.28. The second kappa shape index (κ2) is 8.81. The molecule has 4 aromatic rings. The Balaban J connectivity index is 1.70. The Hall–Kier alpha value is -3.70. The molecule has 3 aromatic heterocycles. The van der Waals surface area contributed by atoms with E-state index in [9.17, 15) is 17.9 Å². The zero-order chi connectivity index (χ0) is 22.8. The topological polar surface area (TPSA) is 119 Å². The molecule has 9 nitrogen and oxygen atoms in total. The standard InChI is InChI=1S/C21H17FN4O5S/c1-12-15-5-4-14(30-21-24-7-3-8-25-21)11-17(15)31-20(27)16(12)10-13-6-9-23-19(18(13)22)26(2)32(28)29/h3-9,11H,10H2,1-2H3,(H,28,29). The first kappa shape index (κ1) is 21.5. The van der Waals surface area contributed by atoms with E-state index in [2.05, 4.69) is 15.0 Å². The number of aryl methyl sites for hydroxylation is 1. The largest absolute Gasteiger partial charge is 0.424 e. The molecule has 0 aliphatic carbocycles. The summed E-state index contributed by atoms with van der Waals surface area (Å²) >= 11 is -2.44. The van der Waals surface area contributed by atoms with Crippen molar-refractivity contribution in [1.29, 1.82) is 0 Å². The average molecular weight is 456 g/mol. The molecule has 1 unspecified atom stereocenters. The minimum atomic E-state index is -2.44. The van der Waals surface area contributed by atoms with Gasteiger partial charge in [-0.15, -0.1) is 0 Å². The highest BCUT2D eigenvalue weighted by molar-refractivity contribution is 7.80. The van der Waals surface area contributed by atoms with Crippen LogP contribution in [0.2, 0.25) is 0 Å². The third-order valence-corrected chi connectivity index (χ3v) is 5.50. The van der Waals surface area contributed by atoms with Gasteiger partial charge >= 0.3 is 11.6 Å². The van der Waals surface area contributed by atoms with E-state index in [1.54, 1.807) is 43.6 Å². The summed E-state index contributed by atoms with van der Waals surface area (Å²) in [6.45, 7) is 1.74. The lowest BCUT2D eigenvalue weighted by atomic mass is 10.00. The number of pyridine rings is 1. The van der Waals surface area contributed by atoms with Crippen molar-refractivity contribution in [3.05, 3.63) is 81.9 Å². The van der Waals surface area contributed by atoms with Gasteiger partial charge in [-0.25, -0.2) is 28.3 Å². The molecule has 0 bridgehead atoms. The Labute approximate surface area is 183 Å². The Morgan fingerprint density at radius 3 is 2.66 bits per heavy atom. The van der Waals surface area contributed by atoms with Crippen LogP contribution >= 0.6 is 0 Å². The summed E-state index contributed by atoms with van der Waals surface area (Å²) in [4.78, 5) is 24.5. The third kappa shape index (κ3) is 4.20. The van der Waals surface area contributed by atoms with Crippen LogP contribution < -0.4 is 14.7 Å². The lowest BCUT2D eigenvalue weighted by molar-refractivity contribution is 0.440. The molecule has 0 radical (unpaired) electrons. The quantitative estimate of drug-likeness (QED) is 0.346. The maximum atomic E-state index is 14.9. The van der Waals surface area contributed by atoms with Gasteiger partial charge in [0.2, 0.25) is 0 Å². The molecule has 164 valence electrons. The minimum Gasteiger partial charge on any atom is -0.424 e. The van der Waals surface area contributed by atoms with Gasteiger partial charge in [-0.1, -0.05) is 0 Å². The van der Waals surface area contributed by atoms with Crippen LogP contribution in [0.3, 0.4) is 0 Å². The van der Waals surface area contributed by atoms with Crippen molar-refractivity contribution in [2.24, 2.45) is 0 Å². The van der Waals surface area contributed by atoms with Gasteiger partial charge in [-0.3, -0.25) is 8.86 Å². The summed E-state index contributed by atoms with van der Waals surface area (Å²) in [5, 5.41) is 0.657. The molecular weight excluding hydrogens is 439 g/mol. The maximum Gasteiger partial charge on any atom is 0.340 e. The number of halogens is 1. The van der Waals surface area contributed by atoms with E-state index in [-0.39, 0.29) is 29.4 Å². The predicted octanol–water partition coefficient (Wildman–Crippen LogP) is 3.38. The summed E-state index contributed by atoms with van der Waals surface area (Å²) in [6.07, 6.45) is 4.32. The number of hydrogen-bond donors (Lipinski definition) is 1. The molecule has 0 saturated carbocycles. The van der Waals surface area contributed by atoms with Gasteiger partial charge in [0.05, 0.1) is 0 Å². The summed E-state index contributed by atoms with van der Waals surface area (Å²) < 4.78 is 47.2. The van der Waals surface area contributed by atoms with Crippen LogP contribution in [0, 0.1) is 12.7 Å². The van der Waals surface area contributed by atoms with Gasteiger partial charge < -0.3 is 9.15 Å². The minimum absolute atomic E-state index is 0.0759. The van der Waals surface area contributed by atoms with Crippen LogP contribution in [-0.4, -0.2) is 30.8 Å². The first-order valence-corrected chi connectivity index (χ1v) is 10.4. The number of benzene rings is 1. The highest BCUT2D eigenvalue weighted by Gasteiger charge is 2.20. The molecular formula is C21H17FN4O5S. The Bertz CT molecular complexity index is 1380. The van der Waals surface area contributed by atoms with Crippen molar-refractivity contribution >= 4 is 28.1 Å². The molecule has 0 aliphatic rings. The van der Waals surface area contributed by atoms with E-state index < -0.39 is 22.7 Å². The van der Waals surface area contributed by atoms with E-state index in [0.29, 0.717) is 22.3 Å². The predicted molar refractivity (Wildman–Crippen MR) is 116 cm³/mol. The fraction of sp³-hybridized carbons (Fsp3) is 0.143. The van der Waals surface area contributed by atoms with Gasteiger partial charge in [0.15, 0.2) is 11.6 Å². The van der Waals surface area contributed by atoms with Crippen LogP contribution in [0.4, 0.5) is 10.2 Å². The van der Waals surface area contributed by atoms with Gasteiger partial charge in [0.25, 0.3) is 11.3 Å². The van der Waals surface area contributed by atoms with E-state index in [4.69, 9.17) is 9.15 Å². The molecule has 1 atom stereocenters. The Kier molecular flexibility index (Phi) is 5.93. The normalized spacial score (nSPS) is 12.0. The molecule has 0 spiro atoms.